The van der Waals surface area contributed by atoms with Crippen molar-refractivity contribution < 1.29 is 4.79 Å². The predicted octanol–water partition coefficient (Wildman–Crippen LogP) is 5.22. The summed E-state index contributed by atoms with van der Waals surface area (Å²) in [4.78, 5) is 16.3. The van der Waals surface area contributed by atoms with Crippen LogP contribution in [0.3, 0.4) is 0 Å². The Kier molecular flexibility index (Phi) is 5.06. The third kappa shape index (κ3) is 3.90. The van der Waals surface area contributed by atoms with Gasteiger partial charge in [0.2, 0.25) is 0 Å². The Bertz CT molecular complexity index is 822. The van der Waals surface area contributed by atoms with E-state index in [9.17, 15) is 4.79 Å². The van der Waals surface area contributed by atoms with Gasteiger partial charge in [0.25, 0.3) is 0 Å². The number of unbranched alkanes of at least 4 members (excludes halogenated alkanes) is 1. The molecule has 1 aromatic heterocycles. The van der Waals surface area contributed by atoms with E-state index in [2.05, 4.69) is 34.7 Å². The van der Waals surface area contributed by atoms with Crippen molar-refractivity contribution in [2.45, 2.75) is 26.2 Å². The summed E-state index contributed by atoms with van der Waals surface area (Å²) in [5, 5.41) is 7.74. The molecule has 0 atom stereocenters. The molecule has 3 rings (SSSR count). The van der Waals surface area contributed by atoms with Crippen LogP contribution in [0.2, 0.25) is 0 Å². The summed E-state index contributed by atoms with van der Waals surface area (Å²) in [6.07, 6.45) is 6.95. The molecule has 24 heavy (non-hydrogen) atoms. The second-order valence-corrected chi connectivity index (χ2v) is 5.78. The first-order valence-electron chi connectivity index (χ1n) is 8.26. The van der Waals surface area contributed by atoms with Crippen LogP contribution in [0.25, 0.3) is 10.8 Å². The first-order valence-corrected chi connectivity index (χ1v) is 8.26. The van der Waals surface area contributed by atoms with Gasteiger partial charge in [-0.25, -0.2) is 4.79 Å². The summed E-state index contributed by atoms with van der Waals surface area (Å²) in [5.41, 5.74) is 2.85. The molecule has 4 nitrogen and oxygen atoms in total. The molecule has 122 valence electrons. The molecule has 0 unspecified atom stereocenters. The summed E-state index contributed by atoms with van der Waals surface area (Å²) < 4.78 is 0. The number of aryl methyl sites for hydroxylation is 1. The van der Waals surface area contributed by atoms with E-state index in [1.165, 1.54) is 18.4 Å². The van der Waals surface area contributed by atoms with Gasteiger partial charge in [0, 0.05) is 28.9 Å². The van der Waals surface area contributed by atoms with E-state index in [1.807, 2.05) is 36.4 Å². The molecule has 1 heterocycles. The molecular formula is C20H21N3O. The van der Waals surface area contributed by atoms with E-state index >= 15 is 0 Å². The molecule has 0 aliphatic heterocycles. The minimum atomic E-state index is -0.249. The standard InChI is InChI=1S/C20H21N3O/c1-2-3-5-15-8-10-17(11-9-15)22-20(24)23-19-7-4-6-16-14-21-13-12-18(16)19/h4,6-14H,2-3,5H2,1H3,(H2,22,23,24). The van der Waals surface area contributed by atoms with E-state index in [4.69, 9.17) is 0 Å². The molecule has 2 amide bonds. The summed E-state index contributed by atoms with van der Waals surface area (Å²) in [6, 6.07) is 15.4. The van der Waals surface area contributed by atoms with Gasteiger partial charge < -0.3 is 10.6 Å². The van der Waals surface area contributed by atoms with Crippen LogP contribution < -0.4 is 10.6 Å². The van der Waals surface area contributed by atoms with Crippen molar-refractivity contribution in [1.82, 2.24) is 4.98 Å². The summed E-state index contributed by atoms with van der Waals surface area (Å²) in [6.45, 7) is 2.18. The number of rotatable bonds is 5. The van der Waals surface area contributed by atoms with Gasteiger partial charge in [-0.3, -0.25) is 4.98 Å². The van der Waals surface area contributed by atoms with E-state index in [-0.39, 0.29) is 6.03 Å². The van der Waals surface area contributed by atoms with Crippen molar-refractivity contribution in [2.24, 2.45) is 0 Å². The van der Waals surface area contributed by atoms with Crippen LogP contribution in [0, 0.1) is 0 Å². The number of hydrogen-bond donors (Lipinski definition) is 2. The van der Waals surface area contributed by atoms with Gasteiger partial charge in [0.15, 0.2) is 0 Å². The number of anilines is 2. The highest BCUT2D eigenvalue weighted by molar-refractivity contribution is 6.05. The maximum Gasteiger partial charge on any atom is 0.323 e. The molecule has 0 fully saturated rings. The third-order valence-electron chi connectivity index (χ3n) is 3.96. The van der Waals surface area contributed by atoms with Crippen molar-refractivity contribution in [3.63, 3.8) is 0 Å². The topological polar surface area (TPSA) is 54.0 Å². The maximum atomic E-state index is 12.2. The second-order valence-electron chi connectivity index (χ2n) is 5.78. The monoisotopic (exact) mass is 319 g/mol. The van der Waals surface area contributed by atoms with Crippen LogP contribution in [-0.2, 0) is 6.42 Å². The Morgan fingerprint density at radius 3 is 2.67 bits per heavy atom. The number of fused-ring (bicyclic) bond motifs is 1. The lowest BCUT2D eigenvalue weighted by atomic mass is 10.1. The number of hydrogen-bond acceptors (Lipinski definition) is 2. The molecule has 2 aromatic carbocycles. The number of aromatic nitrogens is 1. The molecule has 0 bridgehead atoms. The van der Waals surface area contributed by atoms with Crippen LogP contribution in [0.1, 0.15) is 25.3 Å². The average Bonchev–Trinajstić information content (AvgIpc) is 2.61. The zero-order valence-corrected chi connectivity index (χ0v) is 13.8. The smallest absolute Gasteiger partial charge is 0.308 e. The molecule has 3 aromatic rings. The summed E-state index contributed by atoms with van der Waals surface area (Å²) in [7, 11) is 0. The van der Waals surface area contributed by atoms with Crippen molar-refractivity contribution in [3.05, 3.63) is 66.5 Å². The van der Waals surface area contributed by atoms with Gasteiger partial charge in [0.05, 0.1) is 5.69 Å². The molecule has 0 aliphatic carbocycles. The normalized spacial score (nSPS) is 10.5. The lowest BCUT2D eigenvalue weighted by Gasteiger charge is -2.10. The van der Waals surface area contributed by atoms with Gasteiger partial charge in [-0.05, 0) is 42.7 Å². The number of pyridine rings is 1. The molecule has 0 spiro atoms. The quantitative estimate of drug-likeness (QED) is 0.677. The number of nitrogens with zero attached hydrogens (tertiary/aromatic N) is 1. The van der Waals surface area contributed by atoms with Gasteiger partial charge >= 0.3 is 6.03 Å². The highest BCUT2D eigenvalue weighted by Crippen LogP contribution is 2.22. The molecule has 4 heteroatoms. The van der Waals surface area contributed by atoms with Crippen LogP contribution >= 0.6 is 0 Å². The van der Waals surface area contributed by atoms with Gasteiger partial charge in [-0.2, -0.15) is 0 Å². The first kappa shape index (κ1) is 16.0. The van der Waals surface area contributed by atoms with E-state index < -0.39 is 0 Å². The highest BCUT2D eigenvalue weighted by Gasteiger charge is 2.06. The van der Waals surface area contributed by atoms with Crippen molar-refractivity contribution in [1.29, 1.82) is 0 Å². The number of amides is 2. The molecule has 0 aliphatic rings. The molecule has 0 saturated heterocycles. The Morgan fingerprint density at radius 2 is 1.88 bits per heavy atom. The SMILES string of the molecule is CCCCc1ccc(NC(=O)Nc2cccc3cnccc23)cc1. The number of urea groups is 1. The number of carbonyl (C=O) groups is 1. The number of nitrogens with one attached hydrogen (secondary N) is 2. The van der Waals surface area contributed by atoms with Gasteiger partial charge in [-0.1, -0.05) is 37.6 Å². The van der Waals surface area contributed by atoms with Crippen LogP contribution in [0.15, 0.2) is 60.9 Å². The fourth-order valence-electron chi connectivity index (χ4n) is 2.65. The summed E-state index contributed by atoms with van der Waals surface area (Å²) in [5.74, 6) is 0. The summed E-state index contributed by atoms with van der Waals surface area (Å²) >= 11 is 0. The van der Waals surface area contributed by atoms with Crippen molar-refractivity contribution in [3.8, 4) is 0 Å². The van der Waals surface area contributed by atoms with E-state index in [0.717, 1.165) is 28.6 Å². The van der Waals surface area contributed by atoms with Crippen LogP contribution in [-0.4, -0.2) is 11.0 Å². The second kappa shape index (κ2) is 7.59. The van der Waals surface area contributed by atoms with Gasteiger partial charge in [0.1, 0.15) is 0 Å². The third-order valence-corrected chi connectivity index (χ3v) is 3.96. The minimum Gasteiger partial charge on any atom is -0.308 e. The number of benzene rings is 2. The van der Waals surface area contributed by atoms with Crippen molar-refractivity contribution >= 4 is 28.2 Å². The Balaban J connectivity index is 1.67. The Morgan fingerprint density at radius 1 is 1.04 bits per heavy atom. The van der Waals surface area contributed by atoms with E-state index in [1.54, 1.807) is 12.4 Å². The van der Waals surface area contributed by atoms with E-state index in [0.29, 0.717) is 0 Å². The minimum absolute atomic E-state index is 0.249. The van der Waals surface area contributed by atoms with Crippen molar-refractivity contribution in [2.75, 3.05) is 10.6 Å². The zero-order valence-electron chi connectivity index (χ0n) is 13.8. The fourth-order valence-corrected chi connectivity index (χ4v) is 2.65. The molecule has 0 saturated carbocycles. The Labute approximate surface area is 141 Å². The zero-order chi connectivity index (χ0) is 16.8. The fraction of sp³-hybridized carbons (Fsp3) is 0.200. The largest absolute Gasteiger partial charge is 0.323 e. The average molecular weight is 319 g/mol. The lowest BCUT2D eigenvalue weighted by Crippen LogP contribution is -2.19. The molecule has 2 N–H and O–H groups in total. The predicted molar refractivity (Wildman–Crippen MR) is 99.4 cm³/mol. The number of carbonyl (C=O) groups excluding carboxylic acids is 1. The first-order chi connectivity index (χ1) is 11.8. The molecule has 0 radical (unpaired) electrons. The highest BCUT2D eigenvalue weighted by atomic mass is 16.2. The van der Waals surface area contributed by atoms with Gasteiger partial charge in [-0.15, -0.1) is 0 Å². The van der Waals surface area contributed by atoms with Crippen LogP contribution in [0.5, 0.6) is 0 Å². The molecular weight excluding hydrogens is 298 g/mol. The Hall–Kier alpha value is -2.88. The maximum absolute atomic E-state index is 12.2. The lowest BCUT2D eigenvalue weighted by molar-refractivity contribution is 0.262. The van der Waals surface area contributed by atoms with Crippen LogP contribution in [0.4, 0.5) is 16.2 Å².